The van der Waals surface area contributed by atoms with Crippen LogP contribution in [0.3, 0.4) is 0 Å². The second kappa shape index (κ2) is 9.69. The van der Waals surface area contributed by atoms with Crippen molar-refractivity contribution < 1.29 is 4.79 Å². The van der Waals surface area contributed by atoms with Crippen molar-refractivity contribution in [1.82, 2.24) is 15.1 Å². The molecular weight excluding hydrogens is 418 g/mol. The molecule has 0 atom stereocenters. The van der Waals surface area contributed by atoms with Crippen LogP contribution in [0.25, 0.3) is 5.69 Å². The third kappa shape index (κ3) is 5.35. The van der Waals surface area contributed by atoms with E-state index in [0.717, 1.165) is 28.6 Å². The number of carbonyl (C=O) groups is 1. The Kier molecular flexibility index (Phi) is 6.79. The lowest BCUT2D eigenvalue weighted by Gasteiger charge is -2.22. The first-order valence-electron chi connectivity index (χ1n) is 9.87. The van der Waals surface area contributed by atoms with Gasteiger partial charge in [-0.15, -0.1) is 5.10 Å². The molecule has 1 amide bonds. The third-order valence-electron chi connectivity index (χ3n) is 5.05. The predicted octanol–water partition coefficient (Wildman–Crippen LogP) is 6.02. The molecule has 1 aliphatic rings. The number of nitrogens with zero attached hydrogens (tertiary/aromatic N) is 2. The molecule has 3 aromatic rings. The molecule has 0 spiro atoms. The van der Waals surface area contributed by atoms with Crippen LogP contribution in [0.5, 0.6) is 0 Å². The molecule has 1 aromatic heterocycles. The van der Waals surface area contributed by atoms with Gasteiger partial charge in [-0.05, 0) is 54.9 Å². The summed E-state index contributed by atoms with van der Waals surface area (Å²) in [6, 6.07) is 18.2. The van der Waals surface area contributed by atoms with Gasteiger partial charge < -0.3 is 5.32 Å². The van der Waals surface area contributed by atoms with Crippen LogP contribution >= 0.6 is 35.3 Å². The summed E-state index contributed by atoms with van der Waals surface area (Å²) in [5.74, 6) is 0.869. The summed E-state index contributed by atoms with van der Waals surface area (Å²) < 4.78 is 3.42. The highest BCUT2D eigenvalue weighted by Crippen LogP contribution is 2.27. The number of hydrogen-bond donors (Lipinski definition) is 1. The monoisotopic (exact) mass is 441 g/mol. The molecule has 1 saturated carbocycles. The molecule has 150 valence electrons. The number of benzene rings is 2. The van der Waals surface area contributed by atoms with E-state index in [9.17, 15) is 4.79 Å². The van der Waals surface area contributed by atoms with Crippen LogP contribution in [0, 0.1) is 3.95 Å². The summed E-state index contributed by atoms with van der Waals surface area (Å²) in [6.07, 6.45) is 5.86. The van der Waals surface area contributed by atoms with Crippen molar-refractivity contribution >= 4 is 41.2 Å². The number of hydrogen-bond acceptors (Lipinski definition) is 5. The zero-order valence-electron chi connectivity index (χ0n) is 16.0. The van der Waals surface area contributed by atoms with E-state index in [-0.39, 0.29) is 5.91 Å². The van der Waals surface area contributed by atoms with Gasteiger partial charge in [0.2, 0.25) is 0 Å². The molecule has 4 rings (SSSR count). The Balaban J connectivity index is 1.41. The third-order valence-corrected chi connectivity index (χ3v) is 7.49. The van der Waals surface area contributed by atoms with Crippen molar-refractivity contribution in [2.75, 3.05) is 0 Å². The lowest BCUT2D eigenvalue weighted by Crippen LogP contribution is -2.36. The summed E-state index contributed by atoms with van der Waals surface area (Å²) in [5, 5.41) is 7.82. The molecule has 7 heteroatoms. The molecule has 0 aliphatic heterocycles. The molecule has 0 radical (unpaired) electrons. The van der Waals surface area contributed by atoms with Crippen LogP contribution in [0.4, 0.5) is 0 Å². The van der Waals surface area contributed by atoms with E-state index in [0.29, 0.717) is 15.6 Å². The highest BCUT2D eigenvalue weighted by molar-refractivity contribution is 8.00. The van der Waals surface area contributed by atoms with Crippen molar-refractivity contribution in [3.05, 3.63) is 69.7 Å². The van der Waals surface area contributed by atoms with Gasteiger partial charge in [0, 0.05) is 17.4 Å². The fourth-order valence-electron chi connectivity index (χ4n) is 3.47. The van der Waals surface area contributed by atoms with E-state index in [4.69, 9.17) is 12.2 Å². The first-order valence-corrected chi connectivity index (χ1v) is 12.1. The van der Waals surface area contributed by atoms with E-state index in [1.807, 2.05) is 42.5 Å². The molecule has 0 bridgehead atoms. The van der Waals surface area contributed by atoms with E-state index in [1.165, 1.54) is 36.2 Å². The topological polar surface area (TPSA) is 46.9 Å². The number of aromatic nitrogens is 2. The molecule has 1 fully saturated rings. The van der Waals surface area contributed by atoms with Gasteiger partial charge in [-0.1, -0.05) is 72.7 Å². The second-order valence-electron chi connectivity index (χ2n) is 7.18. The number of thioether (sulfide) groups is 1. The Morgan fingerprint density at radius 1 is 1.10 bits per heavy atom. The maximum absolute atomic E-state index is 12.5. The molecule has 0 saturated heterocycles. The van der Waals surface area contributed by atoms with Crippen LogP contribution in [0.15, 0.2) is 58.9 Å². The predicted molar refractivity (Wildman–Crippen MR) is 123 cm³/mol. The Bertz CT molecular complexity index is 1010. The van der Waals surface area contributed by atoms with Gasteiger partial charge in [0.15, 0.2) is 8.29 Å². The van der Waals surface area contributed by atoms with Crippen molar-refractivity contribution in [3.8, 4) is 5.69 Å². The van der Waals surface area contributed by atoms with Crippen LogP contribution < -0.4 is 5.32 Å². The van der Waals surface area contributed by atoms with Gasteiger partial charge in [-0.25, -0.2) is 4.68 Å². The largest absolute Gasteiger partial charge is 0.349 e. The Morgan fingerprint density at radius 2 is 1.83 bits per heavy atom. The van der Waals surface area contributed by atoms with Crippen LogP contribution in [0.1, 0.15) is 48.0 Å². The maximum Gasteiger partial charge on any atom is 0.251 e. The summed E-state index contributed by atoms with van der Waals surface area (Å²) in [7, 11) is 0. The van der Waals surface area contributed by atoms with Gasteiger partial charge in [0.05, 0.1) is 5.69 Å². The lowest BCUT2D eigenvalue weighted by atomic mass is 9.95. The normalized spacial score (nSPS) is 14.6. The van der Waals surface area contributed by atoms with Crippen molar-refractivity contribution in [2.24, 2.45) is 0 Å². The van der Waals surface area contributed by atoms with E-state index < -0.39 is 0 Å². The summed E-state index contributed by atoms with van der Waals surface area (Å²) in [6.45, 7) is 0. The standard InChI is InChI=1S/C22H23N3OS3/c26-20(23-18-9-5-2-6-10-18)17-11-13-19(14-12-17)25-22(27)29-21(24-25)28-15-16-7-3-1-4-8-16/h1,3-4,7-8,11-14,18H,2,5-6,9-10,15H2,(H,23,26). The number of nitrogens with one attached hydrogen (secondary N) is 1. The van der Waals surface area contributed by atoms with E-state index >= 15 is 0 Å². The van der Waals surface area contributed by atoms with Gasteiger partial charge in [-0.3, -0.25) is 4.79 Å². The average Bonchev–Trinajstić information content (AvgIpc) is 3.14. The summed E-state index contributed by atoms with van der Waals surface area (Å²) in [5.41, 5.74) is 2.82. The molecule has 0 unspecified atom stereocenters. The molecule has 1 aliphatic carbocycles. The Hall–Kier alpha value is -1.96. The number of amides is 1. The zero-order valence-corrected chi connectivity index (χ0v) is 18.5. The minimum absolute atomic E-state index is 0.00410. The van der Waals surface area contributed by atoms with Crippen LogP contribution in [-0.2, 0) is 5.75 Å². The molecule has 29 heavy (non-hydrogen) atoms. The maximum atomic E-state index is 12.5. The summed E-state index contributed by atoms with van der Waals surface area (Å²) >= 11 is 8.70. The quantitative estimate of drug-likeness (QED) is 0.375. The highest BCUT2D eigenvalue weighted by Gasteiger charge is 2.16. The molecule has 1 N–H and O–H groups in total. The minimum atomic E-state index is 0.00410. The van der Waals surface area contributed by atoms with Gasteiger partial charge in [0.1, 0.15) is 0 Å². The van der Waals surface area contributed by atoms with E-state index in [1.54, 1.807) is 16.4 Å². The molecular formula is C22H23N3OS3. The first kappa shape index (κ1) is 20.3. The van der Waals surface area contributed by atoms with Gasteiger partial charge in [0.25, 0.3) is 5.91 Å². The van der Waals surface area contributed by atoms with Crippen LogP contribution in [0.2, 0.25) is 0 Å². The Labute approximate surface area is 184 Å². The Morgan fingerprint density at radius 3 is 2.55 bits per heavy atom. The minimum Gasteiger partial charge on any atom is -0.349 e. The number of rotatable bonds is 6. The highest BCUT2D eigenvalue weighted by atomic mass is 32.2. The second-order valence-corrected chi connectivity index (χ2v) is 10.0. The lowest BCUT2D eigenvalue weighted by molar-refractivity contribution is 0.0927. The average molecular weight is 442 g/mol. The van der Waals surface area contributed by atoms with Gasteiger partial charge >= 0.3 is 0 Å². The smallest absolute Gasteiger partial charge is 0.251 e. The molecule has 4 nitrogen and oxygen atoms in total. The van der Waals surface area contributed by atoms with Crippen molar-refractivity contribution in [3.63, 3.8) is 0 Å². The van der Waals surface area contributed by atoms with Crippen molar-refractivity contribution in [2.45, 2.75) is 48.2 Å². The number of carbonyl (C=O) groups excluding carboxylic acids is 1. The fraction of sp³-hybridized carbons (Fsp3) is 0.318. The zero-order chi connectivity index (χ0) is 20.1. The van der Waals surface area contributed by atoms with Crippen LogP contribution in [-0.4, -0.2) is 21.7 Å². The SMILES string of the molecule is O=C(NC1CCCCC1)c1ccc(-n2nc(SCc3ccccc3)sc2=S)cc1. The van der Waals surface area contributed by atoms with E-state index in [2.05, 4.69) is 22.5 Å². The molecule has 1 heterocycles. The fourth-order valence-corrected chi connectivity index (χ4v) is 5.79. The summed E-state index contributed by atoms with van der Waals surface area (Å²) in [4.78, 5) is 12.5. The molecule has 2 aromatic carbocycles. The first-order chi connectivity index (χ1) is 14.2. The van der Waals surface area contributed by atoms with Gasteiger partial charge in [-0.2, -0.15) is 0 Å². The van der Waals surface area contributed by atoms with Crippen molar-refractivity contribution in [1.29, 1.82) is 0 Å².